The number of ether oxygens (including phenoxy) is 1. The lowest BCUT2D eigenvalue weighted by Crippen LogP contribution is -2.43. The van der Waals surface area contributed by atoms with E-state index in [9.17, 15) is 9.59 Å². The van der Waals surface area contributed by atoms with E-state index in [1.165, 1.54) is 5.56 Å². The summed E-state index contributed by atoms with van der Waals surface area (Å²) in [5.41, 5.74) is 6.98. The van der Waals surface area contributed by atoms with Crippen LogP contribution in [0.25, 0.3) is 11.6 Å². The van der Waals surface area contributed by atoms with Gasteiger partial charge < -0.3 is 19.9 Å². The highest BCUT2D eigenvalue weighted by molar-refractivity contribution is 6.35. The average Bonchev–Trinajstić information content (AvgIpc) is 3.28. The number of nitrogens with one attached hydrogen (secondary N) is 2. The summed E-state index contributed by atoms with van der Waals surface area (Å²) in [5, 5.41) is 2.99. The van der Waals surface area contributed by atoms with Crippen LogP contribution in [0.15, 0.2) is 18.2 Å². The summed E-state index contributed by atoms with van der Waals surface area (Å²) < 4.78 is 5.52. The molecule has 0 saturated carbocycles. The van der Waals surface area contributed by atoms with Crippen LogP contribution in [0.2, 0.25) is 0 Å². The van der Waals surface area contributed by atoms with Gasteiger partial charge in [0.2, 0.25) is 0 Å². The summed E-state index contributed by atoms with van der Waals surface area (Å²) in [6.07, 6.45) is 7.34. The number of H-pyrrole nitrogens is 1. The molecule has 1 aromatic carbocycles. The van der Waals surface area contributed by atoms with Crippen LogP contribution in [0.3, 0.4) is 0 Å². The Labute approximate surface area is 189 Å². The maximum atomic E-state index is 12.7. The van der Waals surface area contributed by atoms with Crippen LogP contribution in [0.5, 0.6) is 0 Å². The lowest BCUT2D eigenvalue weighted by Gasteiger charge is -2.39. The molecule has 6 heteroatoms. The van der Waals surface area contributed by atoms with Crippen molar-refractivity contribution in [2.45, 2.75) is 51.5 Å². The Morgan fingerprint density at radius 3 is 2.53 bits per heavy atom. The first-order chi connectivity index (χ1) is 15.5. The highest BCUT2D eigenvalue weighted by Crippen LogP contribution is 2.38. The predicted octanol–water partition coefficient (Wildman–Crippen LogP) is 4.30. The van der Waals surface area contributed by atoms with Crippen molar-refractivity contribution in [2.75, 3.05) is 31.6 Å². The molecule has 0 aliphatic carbocycles. The van der Waals surface area contributed by atoms with E-state index in [0.717, 1.165) is 86.5 Å². The van der Waals surface area contributed by atoms with Crippen LogP contribution in [0, 0.1) is 13.8 Å². The number of aryl methyl sites for hydroxylation is 1. The first-order valence-corrected chi connectivity index (χ1v) is 11.7. The molecule has 2 saturated heterocycles. The van der Waals surface area contributed by atoms with Gasteiger partial charge in [0.1, 0.15) is 0 Å². The highest BCUT2D eigenvalue weighted by Gasteiger charge is 2.29. The Hall–Kier alpha value is -2.70. The number of aldehydes is 1. The number of carbonyl (C=O) groups excluding carboxylic acids is 2. The number of nitrogens with zero attached hydrogens (tertiary/aromatic N) is 1. The molecule has 1 amide bonds. The van der Waals surface area contributed by atoms with Crippen molar-refractivity contribution in [1.29, 1.82) is 0 Å². The number of likely N-dealkylation sites (tertiary alicyclic amines) is 1. The summed E-state index contributed by atoms with van der Waals surface area (Å²) >= 11 is 0. The molecule has 4 heterocycles. The fraction of sp³-hybridized carbons (Fsp3) is 0.462. The van der Waals surface area contributed by atoms with Gasteiger partial charge in [0, 0.05) is 47.5 Å². The van der Waals surface area contributed by atoms with Gasteiger partial charge in [-0.2, -0.15) is 0 Å². The second-order valence-corrected chi connectivity index (χ2v) is 9.29. The minimum Gasteiger partial charge on any atom is -0.381 e. The number of rotatable bonds is 4. The Morgan fingerprint density at radius 2 is 1.84 bits per heavy atom. The molecule has 0 atom stereocenters. The minimum atomic E-state index is -0.0919. The Morgan fingerprint density at radius 1 is 1.09 bits per heavy atom. The topological polar surface area (TPSA) is 74.4 Å². The van der Waals surface area contributed by atoms with Crippen molar-refractivity contribution in [2.24, 2.45) is 0 Å². The number of hydrogen-bond donors (Lipinski definition) is 2. The zero-order valence-corrected chi connectivity index (χ0v) is 18.9. The van der Waals surface area contributed by atoms with Crippen molar-refractivity contribution in [3.8, 4) is 0 Å². The van der Waals surface area contributed by atoms with Crippen LogP contribution in [-0.4, -0.2) is 54.4 Å². The van der Waals surface area contributed by atoms with E-state index in [0.29, 0.717) is 23.1 Å². The van der Waals surface area contributed by atoms with Gasteiger partial charge in [-0.15, -0.1) is 0 Å². The van der Waals surface area contributed by atoms with Crippen LogP contribution in [0.4, 0.5) is 5.69 Å². The number of amides is 1. The van der Waals surface area contributed by atoms with Crippen LogP contribution in [-0.2, 0) is 9.53 Å². The number of aromatic nitrogens is 1. The molecule has 0 radical (unpaired) electrons. The summed E-state index contributed by atoms with van der Waals surface area (Å²) in [6, 6.07) is 7.08. The highest BCUT2D eigenvalue weighted by atomic mass is 16.5. The van der Waals surface area contributed by atoms with Crippen LogP contribution in [0.1, 0.15) is 70.0 Å². The average molecular weight is 434 g/mol. The standard InChI is InChI=1S/C26H31N3O3/c1-16-23(15-30)17(2)27-25(16)14-22-21-13-19(3-4-24(21)28-26(22)31)18-5-9-29(10-6-18)20-7-11-32-12-8-20/h3-4,13-15,18,20,27H,5-12H2,1-2H3,(H,28,31)/b22-14-. The molecule has 2 aromatic rings. The van der Waals surface area contributed by atoms with E-state index in [4.69, 9.17) is 4.74 Å². The molecule has 2 fully saturated rings. The second kappa shape index (κ2) is 8.68. The molecule has 0 unspecified atom stereocenters. The first kappa shape index (κ1) is 21.2. The molecular formula is C26H31N3O3. The molecule has 5 rings (SSSR count). The number of benzene rings is 1. The SMILES string of the molecule is Cc1[nH]c(/C=C2\C(=O)Nc3ccc(C4CCN(C5CCOCC5)CC4)cc32)c(C)c1C=O. The monoisotopic (exact) mass is 433 g/mol. The van der Waals surface area contributed by atoms with Crippen molar-refractivity contribution in [3.05, 3.63) is 51.8 Å². The fourth-order valence-electron chi connectivity index (χ4n) is 5.51. The summed E-state index contributed by atoms with van der Waals surface area (Å²) in [4.78, 5) is 30.0. The van der Waals surface area contributed by atoms with E-state index in [2.05, 4.69) is 27.3 Å². The van der Waals surface area contributed by atoms with Crippen molar-refractivity contribution in [3.63, 3.8) is 0 Å². The quantitative estimate of drug-likeness (QED) is 0.557. The largest absolute Gasteiger partial charge is 0.381 e. The number of aromatic amines is 1. The zero-order chi connectivity index (χ0) is 22.2. The maximum Gasteiger partial charge on any atom is 0.256 e. The van der Waals surface area contributed by atoms with E-state index >= 15 is 0 Å². The van der Waals surface area contributed by atoms with Crippen molar-refractivity contribution >= 4 is 29.5 Å². The zero-order valence-electron chi connectivity index (χ0n) is 18.9. The van der Waals surface area contributed by atoms with Gasteiger partial charge in [-0.05, 0) is 87.9 Å². The van der Waals surface area contributed by atoms with Gasteiger partial charge in [-0.3, -0.25) is 9.59 Å². The summed E-state index contributed by atoms with van der Waals surface area (Å²) in [5.74, 6) is 0.426. The lowest BCUT2D eigenvalue weighted by molar-refractivity contribution is -0.110. The third kappa shape index (κ3) is 3.82. The molecule has 3 aliphatic heterocycles. The predicted molar refractivity (Wildman–Crippen MR) is 126 cm³/mol. The van der Waals surface area contributed by atoms with Gasteiger partial charge in [0.15, 0.2) is 6.29 Å². The van der Waals surface area contributed by atoms with E-state index in [1.54, 1.807) is 0 Å². The molecule has 0 spiro atoms. The number of fused-ring (bicyclic) bond motifs is 1. The van der Waals surface area contributed by atoms with Gasteiger partial charge in [0.05, 0.1) is 5.57 Å². The molecule has 6 nitrogen and oxygen atoms in total. The van der Waals surface area contributed by atoms with E-state index in [-0.39, 0.29) is 5.91 Å². The second-order valence-electron chi connectivity index (χ2n) is 9.29. The van der Waals surface area contributed by atoms with Crippen molar-refractivity contribution in [1.82, 2.24) is 9.88 Å². The Balaban J connectivity index is 1.37. The molecule has 0 bridgehead atoms. The van der Waals surface area contributed by atoms with Crippen LogP contribution >= 0.6 is 0 Å². The molecule has 3 aliphatic rings. The lowest BCUT2D eigenvalue weighted by atomic mass is 9.86. The third-order valence-electron chi connectivity index (χ3n) is 7.48. The third-order valence-corrected chi connectivity index (χ3v) is 7.48. The molecular weight excluding hydrogens is 402 g/mol. The number of hydrogen-bond acceptors (Lipinski definition) is 4. The molecule has 2 N–H and O–H groups in total. The van der Waals surface area contributed by atoms with E-state index < -0.39 is 0 Å². The molecule has 1 aromatic heterocycles. The number of anilines is 1. The Bertz CT molecular complexity index is 1070. The normalized spacial score (nSPS) is 21.7. The van der Waals surface area contributed by atoms with Gasteiger partial charge in [-0.25, -0.2) is 0 Å². The van der Waals surface area contributed by atoms with Crippen LogP contribution < -0.4 is 5.32 Å². The minimum absolute atomic E-state index is 0.0919. The van der Waals surface area contributed by atoms with Gasteiger partial charge in [-0.1, -0.05) is 6.07 Å². The van der Waals surface area contributed by atoms with Gasteiger partial charge >= 0.3 is 0 Å². The summed E-state index contributed by atoms with van der Waals surface area (Å²) in [6.45, 7) is 7.82. The van der Waals surface area contributed by atoms with Crippen molar-refractivity contribution < 1.29 is 14.3 Å². The summed E-state index contributed by atoms with van der Waals surface area (Å²) in [7, 11) is 0. The number of carbonyl (C=O) groups is 2. The smallest absolute Gasteiger partial charge is 0.256 e. The van der Waals surface area contributed by atoms with E-state index in [1.807, 2.05) is 26.0 Å². The first-order valence-electron chi connectivity index (χ1n) is 11.7. The molecule has 32 heavy (non-hydrogen) atoms. The van der Waals surface area contributed by atoms with Gasteiger partial charge in [0.25, 0.3) is 5.91 Å². The maximum absolute atomic E-state index is 12.7. The number of piperidine rings is 1. The fourth-order valence-corrected chi connectivity index (χ4v) is 5.51. The molecule has 168 valence electrons. The Kier molecular flexibility index (Phi) is 5.74.